The van der Waals surface area contributed by atoms with Gasteiger partial charge in [-0.25, -0.2) is 4.79 Å². The minimum atomic E-state index is -1.60. The number of hydrogen-bond donors (Lipinski definition) is 1. The Morgan fingerprint density at radius 3 is 2.57 bits per heavy atom. The molecule has 0 bridgehead atoms. The van der Waals surface area contributed by atoms with Crippen LogP contribution < -0.4 is 0 Å². The average molecular weight is 388 g/mol. The highest BCUT2D eigenvalue weighted by Crippen LogP contribution is 2.40. The molecule has 0 amide bonds. The van der Waals surface area contributed by atoms with Crippen LogP contribution in [0.2, 0.25) is 0 Å². The summed E-state index contributed by atoms with van der Waals surface area (Å²) >= 11 is 0. The molecule has 0 saturated heterocycles. The van der Waals surface area contributed by atoms with E-state index in [2.05, 4.69) is 23.7 Å². The van der Waals surface area contributed by atoms with Crippen LogP contribution in [0.5, 0.6) is 0 Å². The molecule has 154 valence electrons. The lowest BCUT2D eigenvalue weighted by atomic mass is 9.73. The molecule has 1 atom stereocenters. The highest BCUT2D eigenvalue weighted by molar-refractivity contribution is 5.81. The van der Waals surface area contributed by atoms with E-state index in [1.54, 1.807) is 19.2 Å². The zero-order valence-corrected chi connectivity index (χ0v) is 17.2. The van der Waals surface area contributed by atoms with Crippen molar-refractivity contribution >= 4 is 5.97 Å². The molecule has 5 heteroatoms. The first-order chi connectivity index (χ1) is 13.6. The lowest BCUT2D eigenvalue weighted by Gasteiger charge is -2.36. The number of rotatable bonds is 9. The number of benzene rings is 1. The fourth-order valence-electron chi connectivity index (χ4n) is 3.73. The first-order valence-electron chi connectivity index (χ1n) is 10.2. The third kappa shape index (κ3) is 6.07. The van der Waals surface area contributed by atoms with Crippen LogP contribution in [0.25, 0.3) is 0 Å². The minimum Gasteiger partial charge on any atom is -0.450 e. The molecule has 5 nitrogen and oxygen atoms in total. The number of nitrogens with zero attached hydrogens (tertiary/aromatic N) is 1. The van der Waals surface area contributed by atoms with Crippen LogP contribution in [0.15, 0.2) is 30.3 Å². The Kier molecular flexibility index (Phi) is 9.49. The summed E-state index contributed by atoms with van der Waals surface area (Å²) in [7, 11) is 1.68. The summed E-state index contributed by atoms with van der Waals surface area (Å²) in [6.45, 7) is 5.02. The maximum Gasteiger partial charge on any atom is 0.344 e. The number of methoxy groups -OCH3 is 1. The van der Waals surface area contributed by atoms with Crippen molar-refractivity contribution in [1.29, 1.82) is 0 Å². The number of hydrogen-bond acceptors (Lipinski definition) is 5. The molecule has 0 heterocycles. The van der Waals surface area contributed by atoms with Crippen molar-refractivity contribution in [3.8, 4) is 11.8 Å². The Morgan fingerprint density at radius 1 is 1.21 bits per heavy atom. The summed E-state index contributed by atoms with van der Waals surface area (Å²) < 4.78 is 10.5. The summed E-state index contributed by atoms with van der Waals surface area (Å²) in [5.74, 6) is 5.22. The van der Waals surface area contributed by atoms with Gasteiger partial charge in [0.2, 0.25) is 0 Å². The molecular weight excluding hydrogens is 354 g/mol. The Morgan fingerprint density at radius 2 is 1.93 bits per heavy atom. The van der Waals surface area contributed by atoms with E-state index in [0.717, 1.165) is 45.2 Å². The number of likely N-dealkylation sites (N-methyl/N-ethyl adjacent to an activating group) is 1. The van der Waals surface area contributed by atoms with Crippen molar-refractivity contribution in [2.24, 2.45) is 5.92 Å². The van der Waals surface area contributed by atoms with Gasteiger partial charge in [0, 0.05) is 19.6 Å². The number of esters is 1. The zero-order chi connectivity index (χ0) is 20.2. The Labute approximate surface area is 169 Å². The van der Waals surface area contributed by atoms with Crippen LogP contribution in [0.4, 0.5) is 0 Å². The lowest BCUT2D eigenvalue weighted by molar-refractivity contribution is -0.174. The van der Waals surface area contributed by atoms with E-state index >= 15 is 0 Å². The van der Waals surface area contributed by atoms with E-state index in [1.807, 2.05) is 18.2 Å². The molecular formula is C23H33NO4. The van der Waals surface area contributed by atoms with Crippen LogP contribution in [0.1, 0.15) is 44.6 Å². The summed E-state index contributed by atoms with van der Waals surface area (Å²) in [4.78, 5) is 15.0. The van der Waals surface area contributed by atoms with E-state index in [1.165, 1.54) is 0 Å². The van der Waals surface area contributed by atoms with Gasteiger partial charge in [0.25, 0.3) is 0 Å². The molecule has 1 unspecified atom stereocenters. The van der Waals surface area contributed by atoms with E-state index in [9.17, 15) is 9.90 Å². The molecule has 28 heavy (non-hydrogen) atoms. The first-order valence-corrected chi connectivity index (χ1v) is 10.2. The third-order valence-corrected chi connectivity index (χ3v) is 5.48. The Hall–Kier alpha value is -1.87. The SMILES string of the molecule is CCN(CC#CCOC(=O)C(O)(c1ccccc1)C1CCCCC1)CCOC. The molecule has 1 aromatic carbocycles. The topological polar surface area (TPSA) is 59.0 Å². The van der Waals surface area contributed by atoms with Crippen LogP contribution in [0, 0.1) is 17.8 Å². The van der Waals surface area contributed by atoms with Gasteiger partial charge < -0.3 is 14.6 Å². The molecule has 1 fully saturated rings. The highest BCUT2D eigenvalue weighted by atomic mass is 16.5. The second-order valence-electron chi connectivity index (χ2n) is 7.26. The van der Waals surface area contributed by atoms with Gasteiger partial charge in [0.05, 0.1) is 13.2 Å². The first kappa shape index (κ1) is 22.4. The maximum absolute atomic E-state index is 12.9. The molecule has 0 spiro atoms. The van der Waals surface area contributed by atoms with Crippen molar-refractivity contribution in [2.45, 2.75) is 44.6 Å². The van der Waals surface area contributed by atoms with Crippen molar-refractivity contribution < 1.29 is 19.4 Å². The van der Waals surface area contributed by atoms with Crippen molar-refractivity contribution in [2.75, 3.05) is 40.0 Å². The van der Waals surface area contributed by atoms with Crippen molar-refractivity contribution in [1.82, 2.24) is 4.90 Å². The molecule has 1 aliphatic rings. The molecule has 0 aliphatic heterocycles. The number of ether oxygens (including phenoxy) is 2. The molecule has 1 aromatic rings. The average Bonchev–Trinajstić information content (AvgIpc) is 2.76. The summed E-state index contributed by atoms with van der Waals surface area (Å²) in [5.41, 5.74) is -0.992. The molecule has 0 aromatic heterocycles. The van der Waals surface area contributed by atoms with Gasteiger partial charge in [-0.05, 0) is 24.9 Å². The Balaban J connectivity index is 1.99. The van der Waals surface area contributed by atoms with Gasteiger partial charge >= 0.3 is 5.97 Å². The largest absolute Gasteiger partial charge is 0.450 e. The van der Waals surface area contributed by atoms with Crippen molar-refractivity contribution in [3.63, 3.8) is 0 Å². The molecule has 2 rings (SSSR count). The summed E-state index contributed by atoms with van der Waals surface area (Å²) in [6, 6.07) is 9.17. The predicted octanol–water partition coefficient (Wildman–Crippen LogP) is 2.97. The second-order valence-corrected chi connectivity index (χ2v) is 7.26. The fraction of sp³-hybridized carbons (Fsp3) is 0.609. The van der Waals surface area contributed by atoms with Gasteiger partial charge in [0.15, 0.2) is 12.2 Å². The highest BCUT2D eigenvalue weighted by Gasteiger charge is 2.46. The van der Waals surface area contributed by atoms with Gasteiger partial charge in [-0.15, -0.1) is 0 Å². The fourth-order valence-corrected chi connectivity index (χ4v) is 3.73. The summed E-state index contributed by atoms with van der Waals surface area (Å²) in [5, 5.41) is 11.4. The standard InChI is InChI=1S/C23H33NO4/c1-3-24(17-19-27-2)16-10-11-18-28-22(25)23(26,20-12-6-4-7-13-20)21-14-8-5-9-15-21/h4,6-7,12-13,21,26H,3,5,8-9,14-19H2,1-2H3. The lowest BCUT2D eigenvalue weighted by Crippen LogP contribution is -2.45. The molecule has 1 N–H and O–H groups in total. The van der Waals surface area contributed by atoms with Crippen molar-refractivity contribution in [3.05, 3.63) is 35.9 Å². The minimum absolute atomic E-state index is 0.0114. The van der Waals surface area contributed by atoms with Gasteiger partial charge in [-0.1, -0.05) is 68.4 Å². The van der Waals surface area contributed by atoms with Crippen LogP contribution >= 0.6 is 0 Å². The van der Waals surface area contributed by atoms with Gasteiger partial charge in [-0.3, -0.25) is 4.90 Å². The van der Waals surface area contributed by atoms with Crippen LogP contribution in [-0.4, -0.2) is 55.9 Å². The predicted molar refractivity (Wildman–Crippen MR) is 110 cm³/mol. The number of aliphatic hydroxyl groups is 1. The summed E-state index contributed by atoms with van der Waals surface area (Å²) in [6.07, 6.45) is 4.87. The van der Waals surface area contributed by atoms with Gasteiger partial charge in [-0.2, -0.15) is 0 Å². The van der Waals surface area contributed by atoms with E-state index < -0.39 is 11.6 Å². The maximum atomic E-state index is 12.9. The number of carbonyl (C=O) groups is 1. The van der Waals surface area contributed by atoms with E-state index in [-0.39, 0.29) is 12.5 Å². The smallest absolute Gasteiger partial charge is 0.344 e. The monoisotopic (exact) mass is 387 g/mol. The number of carbonyl (C=O) groups excluding carboxylic acids is 1. The van der Waals surface area contributed by atoms with Gasteiger partial charge in [0.1, 0.15) is 0 Å². The van der Waals surface area contributed by atoms with E-state index in [4.69, 9.17) is 9.47 Å². The third-order valence-electron chi connectivity index (χ3n) is 5.48. The molecule has 1 aliphatic carbocycles. The normalized spacial score (nSPS) is 16.9. The zero-order valence-electron chi connectivity index (χ0n) is 17.2. The van der Waals surface area contributed by atoms with Crippen LogP contribution in [-0.2, 0) is 19.9 Å². The molecule has 0 radical (unpaired) electrons. The second kappa shape index (κ2) is 11.9. The Bertz CT molecular complexity index is 646. The van der Waals surface area contributed by atoms with Crippen LogP contribution in [0.3, 0.4) is 0 Å². The quantitative estimate of drug-likeness (QED) is 0.521. The van der Waals surface area contributed by atoms with E-state index in [0.29, 0.717) is 18.7 Å². The molecule has 1 saturated carbocycles.